The van der Waals surface area contributed by atoms with Crippen molar-refractivity contribution in [1.82, 2.24) is 20.1 Å². The largest absolute Gasteiger partial charge is 0.353 e. The maximum Gasteiger partial charge on any atom is 0.262 e. The topological polar surface area (TPSA) is 85.8 Å². The van der Waals surface area contributed by atoms with Crippen LogP contribution in [0.25, 0.3) is 10.2 Å². The molecule has 33 heavy (non-hydrogen) atoms. The zero-order valence-corrected chi connectivity index (χ0v) is 19.4. The third kappa shape index (κ3) is 4.44. The molecule has 1 saturated heterocycles. The Morgan fingerprint density at radius 1 is 1.03 bits per heavy atom. The lowest BCUT2D eigenvalue weighted by molar-refractivity contribution is -0.121. The van der Waals surface area contributed by atoms with E-state index in [2.05, 4.69) is 15.1 Å². The first-order valence-electron chi connectivity index (χ1n) is 10.7. The Morgan fingerprint density at radius 2 is 1.73 bits per heavy atom. The highest BCUT2D eigenvalue weighted by atomic mass is 35.5. The zero-order valence-electron chi connectivity index (χ0n) is 17.8. The Hall–Kier alpha value is -3.01. The van der Waals surface area contributed by atoms with Crippen LogP contribution in [0.15, 0.2) is 42.5 Å². The third-order valence-corrected chi connectivity index (χ3v) is 7.23. The molecule has 170 valence electrons. The number of nitrogens with zero attached hydrogens (tertiary/aromatic N) is 4. The number of aromatic nitrogens is 1. The van der Waals surface area contributed by atoms with Gasteiger partial charge in [-0.15, -0.1) is 0 Å². The number of amides is 3. The lowest BCUT2D eigenvalue weighted by Crippen LogP contribution is -2.49. The molecular weight excluding hydrogens is 462 g/mol. The zero-order chi connectivity index (χ0) is 22.9. The number of nitrogens with one attached hydrogen (secondary N) is 1. The maximum atomic E-state index is 12.4. The Balaban J connectivity index is 1.07. The predicted octanol–water partition coefficient (Wildman–Crippen LogP) is 2.48. The SMILES string of the molecule is O=C(CN1C(=O)c2ccccc2C1=O)NCCN1CCN(c2nc3ccc(Cl)cc3s2)CC1. The first-order valence-corrected chi connectivity index (χ1v) is 11.9. The molecule has 0 aliphatic carbocycles. The van der Waals surface area contributed by atoms with Crippen LogP contribution < -0.4 is 10.2 Å². The molecule has 2 aromatic carbocycles. The van der Waals surface area contributed by atoms with Gasteiger partial charge >= 0.3 is 0 Å². The molecule has 0 saturated carbocycles. The van der Waals surface area contributed by atoms with Crippen molar-refractivity contribution in [2.45, 2.75) is 0 Å². The van der Waals surface area contributed by atoms with Gasteiger partial charge in [0, 0.05) is 44.3 Å². The van der Waals surface area contributed by atoms with Gasteiger partial charge in [-0.2, -0.15) is 0 Å². The molecule has 0 bridgehead atoms. The molecule has 10 heteroatoms. The summed E-state index contributed by atoms with van der Waals surface area (Å²) in [6.45, 7) is 4.35. The summed E-state index contributed by atoms with van der Waals surface area (Å²) < 4.78 is 1.08. The van der Waals surface area contributed by atoms with Gasteiger partial charge in [-0.1, -0.05) is 35.1 Å². The van der Waals surface area contributed by atoms with Gasteiger partial charge in [0.1, 0.15) is 6.54 Å². The molecule has 0 radical (unpaired) electrons. The molecule has 3 aromatic rings. The molecule has 2 aliphatic heterocycles. The van der Waals surface area contributed by atoms with E-state index in [1.807, 2.05) is 18.2 Å². The van der Waals surface area contributed by atoms with Gasteiger partial charge in [0.25, 0.3) is 11.8 Å². The fourth-order valence-electron chi connectivity index (χ4n) is 4.12. The van der Waals surface area contributed by atoms with E-state index in [-0.39, 0.29) is 12.5 Å². The van der Waals surface area contributed by atoms with Crippen molar-refractivity contribution < 1.29 is 14.4 Å². The number of piperazine rings is 1. The molecule has 1 fully saturated rings. The highest BCUT2D eigenvalue weighted by Gasteiger charge is 2.36. The quantitative estimate of drug-likeness (QED) is 0.542. The van der Waals surface area contributed by atoms with E-state index in [1.54, 1.807) is 35.6 Å². The Labute approximate surface area is 199 Å². The second-order valence-corrected chi connectivity index (χ2v) is 9.47. The van der Waals surface area contributed by atoms with Crippen molar-refractivity contribution in [1.29, 1.82) is 0 Å². The van der Waals surface area contributed by atoms with Crippen LogP contribution in [0.5, 0.6) is 0 Å². The molecule has 5 rings (SSSR count). The van der Waals surface area contributed by atoms with Gasteiger partial charge in [0.15, 0.2) is 5.13 Å². The Morgan fingerprint density at radius 3 is 2.42 bits per heavy atom. The predicted molar refractivity (Wildman–Crippen MR) is 128 cm³/mol. The van der Waals surface area contributed by atoms with Gasteiger partial charge in [-0.05, 0) is 30.3 Å². The summed E-state index contributed by atoms with van der Waals surface area (Å²) in [6, 6.07) is 12.4. The molecule has 8 nitrogen and oxygen atoms in total. The second kappa shape index (κ2) is 9.09. The number of carbonyl (C=O) groups excluding carboxylic acids is 3. The fourth-order valence-corrected chi connectivity index (χ4v) is 5.41. The molecule has 3 heterocycles. The van der Waals surface area contributed by atoms with E-state index < -0.39 is 11.8 Å². The standard InChI is InChI=1S/C23H22ClN5O3S/c24-15-5-6-18-19(13-15)33-23(26-18)28-11-9-27(10-12-28)8-7-25-20(30)14-29-21(31)16-3-1-2-4-17(16)22(29)32/h1-6,13H,7-12,14H2,(H,25,30). The highest BCUT2D eigenvalue weighted by Crippen LogP contribution is 2.31. The molecular formula is C23H22ClN5O3S. The summed E-state index contributed by atoms with van der Waals surface area (Å²) in [6.07, 6.45) is 0. The first-order chi connectivity index (χ1) is 16.0. The minimum absolute atomic E-state index is 0.262. The van der Waals surface area contributed by atoms with Crippen LogP contribution in [-0.2, 0) is 4.79 Å². The van der Waals surface area contributed by atoms with E-state index >= 15 is 0 Å². The van der Waals surface area contributed by atoms with Gasteiger partial charge in [-0.3, -0.25) is 24.2 Å². The van der Waals surface area contributed by atoms with E-state index in [0.29, 0.717) is 29.2 Å². The Bertz CT molecular complexity index is 1200. The average molecular weight is 484 g/mol. The molecule has 1 aromatic heterocycles. The summed E-state index contributed by atoms with van der Waals surface area (Å²) in [5.41, 5.74) is 1.66. The monoisotopic (exact) mass is 483 g/mol. The number of imide groups is 1. The number of rotatable bonds is 6. The lowest BCUT2D eigenvalue weighted by atomic mass is 10.1. The third-order valence-electron chi connectivity index (χ3n) is 5.91. The Kier molecular flexibility index (Phi) is 6.01. The van der Waals surface area contributed by atoms with E-state index in [4.69, 9.17) is 16.6 Å². The van der Waals surface area contributed by atoms with Crippen LogP contribution in [0.1, 0.15) is 20.7 Å². The van der Waals surface area contributed by atoms with Gasteiger partial charge in [0.2, 0.25) is 5.91 Å². The lowest BCUT2D eigenvalue weighted by Gasteiger charge is -2.34. The molecule has 2 aliphatic rings. The van der Waals surface area contributed by atoms with Gasteiger partial charge < -0.3 is 10.2 Å². The van der Waals surface area contributed by atoms with Crippen LogP contribution in [-0.4, -0.2) is 78.3 Å². The van der Waals surface area contributed by atoms with Crippen LogP contribution >= 0.6 is 22.9 Å². The minimum atomic E-state index is -0.418. The normalized spacial score (nSPS) is 16.5. The highest BCUT2D eigenvalue weighted by molar-refractivity contribution is 7.22. The minimum Gasteiger partial charge on any atom is -0.353 e. The van der Waals surface area contributed by atoms with E-state index in [9.17, 15) is 14.4 Å². The van der Waals surface area contributed by atoms with Crippen LogP contribution in [0.2, 0.25) is 5.02 Å². The summed E-state index contributed by atoms with van der Waals surface area (Å²) in [7, 11) is 0. The first kappa shape index (κ1) is 21.8. The number of carbonyl (C=O) groups is 3. The number of halogens is 1. The van der Waals surface area contributed by atoms with Gasteiger partial charge in [0.05, 0.1) is 21.3 Å². The van der Waals surface area contributed by atoms with Gasteiger partial charge in [-0.25, -0.2) is 4.98 Å². The summed E-state index contributed by atoms with van der Waals surface area (Å²) in [5, 5.41) is 4.54. The summed E-state index contributed by atoms with van der Waals surface area (Å²) in [5.74, 6) is -1.17. The maximum absolute atomic E-state index is 12.4. The molecule has 0 unspecified atom stereocenters. The molecule has 0 atom stereocenters. The van der Waals surface area contributed by atoms with Crippen molar-refractivity contribution in [3.05, 3.63) is 58.6 Å². The van der Waals surface area contributed by atoms with Crippen LogP contribution in [0.4, 0.5) is 5.13 Å². The van der Waals surface area contributed by atoms with E-state index in [0.717, 1.165) is 46.4 Å². The van der Waals surface area contributed by atoms with Crippen molar-refractivity contribution in [3.63, 3.8) is 0 Å². The number of thiazole rings is 1. The van der Waals surface area contributed by atoms with Crippen molar-refractivity contribution >= 4 is 56.0 Å². The van der Waals surface area contributed by atoms with Crippen LogP contribution in [0.3, 0.4) is 0 Å². The van der Waals surface area contributed by atoms with Crippen LogP contribution in [0, 0.1) is 0 Å². The van der Waals surface area contributed by atoms with Crippen molar-refractivity contribution in [2.75, 3.05) is 50.7 Å². The molecule has 3 amide bonds. The average Bonchev–Trinajstić information content (AvgIpc) is 3.34. The smallest absolute Gasteiger partial charge is 0.262 e. The fraction of sp³-hybridized carbons (Fsp3) is 0.304. The number of hydrogen-bond acceptors (Lipinski definition) is 7. The summed E-state index contributed by atoms with van der Waals surface area (Å²) >= 11 is 7.73. The number of benzene rings is 2. The van der Waals surface area contributed by atoms with Crippen molar-refractivity contribution in [2.24, 2.45) is 0 Å². The van der Waals surface area contributed by atoms with Crippen molar-refractivity contribution in [3.8, 4) is 0 Å². The summed E-state index contributed by atoms with van der Waals surface area (Å²) in [4.78, 5) is 47.4. The molecule has 0 spiro atoms. The number of fused-ring (bicyclic) bond motifs is 2. The molecule has 1 N–H and O–H groups in total. The van der Waals surface area contributed by atoms with E-state index in [1.165, 1.54) is 0 Å². The number of anilines is 1. The second-order valence-electron chi connectivity index (χ2n) is 8.03. The number of hydrogen-bond donors (Lipinski definition) is 1.